The lowest BCUT2D eigenvalue weighted by molar-refractivity contribution is 0.0954. The fourth-order valence-corrected chi connectivity index (χ4v) is 3.72. The van der Waals surface area contributed by atoms with Gasteiger partial charge in [0.25, 0.3) is 5.91 Å². The quantitative estimate of drug-likeness (QED) is 0.683. The van der Waals surface area contributed by atoms with Gasteiger partial charge in [0.05, 0.1) is 5.69 Å². The van der Waals surface area contributed by atoms with E-state index in [1.165, 1.54) is 16.9 Å². The Morgan fingerprint density at radius 1 is 1.20 bits per heavy atom. The predicted octanol–water partition coefficient (Wildman–Crippen LogP) is 4.42. The van der Waals surface area contributed by atoms with E-state index in [1.807, 2.05) is 47.3 Å². The number of benzene rings is 1. The van der Waals surface area contributed by atoms with Crippen LogP contribution in [0.5, 0.6) is 0 Å². The first-order chi connectivity index (χ1) is 12.2. The third kappa shape index (κ3) is 4.17. The zero-order chi connectivity index (χ0) is 17.6. The average molecular weight is 353 g/mol. The summed E-state index contributed by atoms with van der Waals surface area (Å²) in [5.41, 5.74) is 2.12. The van der Waals surface area contributed by atoms with Gasteiger partial charge in [0.1, 0.15) is 4.88 Å². The van der Waals surface area contributed by atoms with E-state index in [2.05, 4.69) is 36.3 Å². The van der Waals surface area contributed by atoms with Crippen molar-refractivity contribution in [1.82, 2.24) is 14.9 Å². The van der Waals surface area contributed by atoms with E-state index in [0.717, 1.165) is 28.5 Å². The van der Waals surface area contributed by atoms with Gasteiger partial charge in [0.2, 0.25) is 0 Å². The molecule has 0 radical (unpaired) electrons. The van der Waals surface area contributed by atoms with Gasteiger partial charge in [-0.1, -0.05) is 61.9 Å². The summed E-state index contributed by atoms with van der Waals surface area (Å²) in [6, 6.07) is 14.2. The van der Waals surface area contributed by atoms with Gasteiger partial charge in [-0.15, -0.1) is 0 Å². The van der Waals surface area contributed by atoms with Gasteiger partial charge in [-0.2, -0.15) is 0 Å². The first kappa shape index (κ1) is 17.4. The Kier molecular flexibility index (Phi) is 5.66. The van der Waals surface area contributed by atoms with Crippen molar-refractivity contribution in [3.05, 3.63) is 71.0 Å². The molecular weight excluding hydrogens is 330 g/mol. The highest BCUT2D eigenvalue weighted by Crippen LogP contribution is 2.24. The van der Waals surface area contributed by atoms with Gasteiger partial charge in [-0.3, -0.25) is 4.79 Å². The normalized spacial score (nSPS) is 12.1. The third-order valence-electron chi connectivity index (χ3n) is 4.14. The summed E-state index contributed by atoms with van der Waals surface area (Å²) in [6.07, 6.45) is 5.69. The molecule has 130 valence electrons. The highest BCUT2D eigenvalue weighted by atomic mass is 32.1. The molecule has 1 aromatic carbocycles. The SMILES string of the molecule is CCCc1nc(-n2cccc2)sc1C(=O)NCC(C)c1ccccc1. The van der Waals surface area contributed by atoms with Crippen molar-refractivity contribution in [1.29, 1.82) is 0 Å². The Bertz CT molecular complexity index is 809. The molecule has 1 unspecified atom stereocenters. The number of aryl methyl sites for hydroxylation is 1. The molecular formula is C20H23N3OS. The lowest BCUT2D eigenvalue weighted by Gasteiger charge is -2.12. The van der Waals surface area contributed by atoms with Crippen LogP contribution in [0.3, 0.4) is 0 Å². The molecule has 0 bridgehead atoms. The van der Waals surface area contributed by atoms with E-state index in [4.69, 9.17) is 0 Å². The number of thiazole rings is 1. The highest BCUT2D eigenvalue weighted by Gasteiger charge is 2.19. The van der Waals surface area contributed by atoms with Gasteiger partial charge in [-0.05, 0) is 30.0 Å². The van der Waals surface area contributed by atoms with Gasteiger partial charge >= 0.3 is 0 Å². The number of nitrogens with zero attached hydrogens (tertiary/aromatic N) is 2. The Balaban J connectivity index is 1.72. The van der Waals surface area contributed by atoms with E-state index < -0.39 is 0 Å². The van der Waals surface area contributed by atoms with Crippen molar-refractivity contribution in [2.24, 2.45) is 0 Å². The Hall–Kier alpha value is -2.40. The van der Waals surface area contributed by atoms with Crippen LogP contribution in [0.4, 0.5) is 0 Å². The lowest BCUT2D eigenvalue weighted by Crippen LogP contribution is -2.27. The molecule has 1 atom stereocenters. The zero-order valence-electron chi connectivity index (χ0n) is 14.6. The van der Waals surface area contributed by atoms with Crippen LogP contribution < -0.4 is 5.32 Å². The standard InChI is InChI=1S/C20H23N3OS/c1-3-9-17-18(25-20(22-17)23-12-7-8-13-23)19(24)21-14-15(2)16-10-5-4-6-11-16/h4-8,10-13,15H,3,9,14H2,1-2H3,(H,21,24). The van der Waals surface area contributed by atoms with E-state index in [-0.39, 0.29) is 11.8 Å². The molecule has 0 aliphatic heterocycles. The molecule has 5 heteroatoms. The van der Waals surface area contributed by atoms with Crippen LogP contribution in [0.15, 0.2) is 54.9 Å². The smallest absolute Gasteiger partial charge is 0.263 e. The number of hydrogen-bond donors (Lipinski definition) is 1. The monoisotopic (exact) mass is 353 g/mol. The number of carbonyl (C=O) groups is 1. The number of aromatic nitrogens is 2. The minimum absolute atomic E-state index is 0.0258. The van der Waals surface area contributed by atoms with E-state index in [9.17, 15) is 4.79 Å². The summed E-state index contributed by atoms with van der Waals surface area (Å²) in [5, 5.41) is 3.92. The van der Waals surface area contributed by atoms with Crippen molar-refractivity contribution < 1.29 is 4.79 Å². The Morgan fingerprint density at radius 2 is 1.92 bits per heavy atom. The van der Waals surface area contributed by atoms with Crippen LogP contribution in [-0.4, -0.2) is 22.0 Å². The van der Waals surface area contributed by atoms with Crippen molar-refractivity contribution in [2.75, 3.05) is 6.54 Å². The molecule has 25 heavy (non-hydrogen) atoms. The van der Waals surface area contributed by atoms with Crippen LogP contribution in [-0.2, 0) is 6.42 Å². The topological polar surface area (TPSA) is 46.9 Å². The van der Waals surface area contributed by atoms with Crippen LogP contribution in [0, 0.1) is 0 Å². The van der Waals surface area contributed by atoms with Gasteiger partial charge in [-0.25, -0.2) is 4.98 Å². The summed E-state index contributed by atoms with van der Waals surface area (Å²) >= 11 is 1.45. The number of amides is 1. The lowest BCUT2D eigenvalue weighted by atomic mass is 10.0. The molecule has 1 amide bonds. The minimum atomic E-state index is -0.0258. The van der Waals surface area contributed by atoms with E-state index in [1.54, 1.807) is 0 Å². The summed E-state index contributed by atoms with van der Waals surface area (Å²) in [4.78, 5) is 18.1. The first-order valence-corrected chi connectivity index (χ1v) is 9.47. The summed E-state index contributed by atoms with van der Waals surface area (Å²) in [5.74, 6) is 0.249. The van der Waals surface area contributed by atoms with Crippen LogP contribution in [0.1, 0.15) is 47.1 Å². The molecule has 2 heterocycles. The molecule has 2 aromatic heterocycles. The van der Waals surface area contributed by atoms with Crippen LogP contribution >= 0.6 is 11.3 Å². The second-order valence-corrected chi connectivity index (χ2v) is 7.11. The molecule has 3 aromatic rings. The molecule has 0 aliphatic rings. The van der Waals surface area contributed by atoms with Gasteiger partial charge < -0.3 is 9.88 Å². The molecule has 0 saturated carbocycles. The van der Waals surface area contributed by atoms with Gasteiger partial charge in [0, 0.05) is 18.9 Å². The molecule has 0 fully saturated rings. The van der Waals surface area contributed by atoms with Crippen molar-refractivity contribution in [3.63, 3.8) is 0 Å². The van der Waals surface area contributed by atoms with Crippen molar-refractivity contribution in [2.45, 2.75) is 32.6 Å². The largest absolute Gasteiger partial charge is 0.351 e. The maximum absolute atomic E-state index is 12.7. The van der Waals surface area contributed by atoms with Crippen LogP contribution in [0.25, 0.3) is 5.13 Å². The third-order valence-corrected chi connectivity index (χ3v) is 5.25. The fourth-order valence-electron chi connectivity index (χ4n) is 2.72. The van der Waals surface area contributed by atoms with Crippen molar-refractivity contribution >= 4 is 17.2 Å². The molecule has 3 rings (SSSR count). The number of carbonyl (C=O) groups excluding carboxylic acids is 1. The Labute approximate surface area is 152 Å². The number of rotatable bonds is 7. The molecule has 4 nitrogen and oxygen atoms in total. The molecule has 0 spiro atoms. The zero-order valence-corrected chi connectivity index (χ0v) is 15.4. The number of hydrogen-bond acceptors (Lipinski definition) is 3. The van der Waals surface area contributed by atoms with Crippen LogP contribution in [0.2, 0.25) is 0 Å². The first-order valence-electron chi connectivity index (χ1n) is 8.65. The molecule has 0 aliphatic carbocycles. The van der Waals surface area contributed by atoms with Crippen molar-refractivity contribution in [3.8, 4) is 5.13 Å². The fraction of sp³-hybridized carbons (Fsp3) is 0.300. The molecule has 0 saturated heterocycles. The second kappa shape index (κ2) is 8.12. The second-order valence-electron chi connectivity index (χ2n) is 6.13. The maximum atomic E-state index is 12.7. The highest BCUT2D eigenvalue weighted by molar-refractivity contribution is 7.16. The summed E-state index contributed by atoms with van der Waals surface area (Å²) in [6.45, 7) is 4.85. The predicted molar refractivity (Wildman–Crippen MR) is 103 cm³/mol. The molecule has 1 N–H and O–H groups in total. The summed E-state index contributed by atoms with van der Waals surface area (Å²) in [7, 11) is 0. The van der Waals surface area contributed by atoms with Gasteiger partial charge in [0.15, 0.2) is 5.13 Å². The number of nitrogens with one attached hydrogen (secondary N) is 1. The minimum Gasteiger partial charge on any atom is -0.351 e. The summed E-state index contributed by atoms with van der Waals surface area (Å²) < 4.78 is 1.95. The van der Waals surface area contributed by atoms with E-state index >= 15 is 0 Å². The van der Waals surface area contributed by atoms with E-state index in [0.29, 0.717) is 6.54 Å². The average Bonchev–Trinajstić information content (AvgIpc) is 3.30. The maximum Gasteiger partial charge on any atom is 0.263 e. The Morgan fingerprint density at radius 3 is 2.60 bits per heavy atom.